The summed E-state index contributed by atoms with van der Waals surface area (Å²) in [6.45, 7) is 3.62. The third kappa shape index (κ3) is 4.63. The minimum atomic E-state index is -0.406. The second-order valence-corrected chi connectivity index (χ2v) is 9.75. The van der Waals surface area contributed by atoms with Crippen molar-refractivity contribution in [3.8, 4) is 11.4 Å². The van der Waals surface area contributed by atoms with Gasteiger partial charge in [0.25, 0.3) is 0 Å². The quantitative estimate of drug-likeness (QED) is 0.550. The van der Waals surface area contributed by atoms with E-state index in [0.717, 1.165) is 57.2 Å². The van der Waals surface area contributed by atoms with Crippen LogP contribution in [0, 0.1) is 30.4 Å². The van der Waals surface area contributed by atoms with Crippen LogP contribution in [0.2, 0.25) is 0 Å². The van der Waals surface area contributed by atoms with Crippen LogP contribution in [0.15, 0.2) is 24.5 Å². The fraction of sp³-hybridized carbons (Fsp3) is 0.500. The van der Waals surface area contributed by atoms with Gasteiger partial charge < -0.3 is 9.88 Å². The van der Waals surface area contributed by atoms with Crippen LogP contribution < -0.4 is 0 Å². The first-order valence-corrected chi connectivity index (χ1v) is 12.0. The third-order valence-corrected chi connectivity index (χ3v) is 7.24. The molecule has 3 heterocycles. The van der Waals surface area contributed by atoms with Gasteiger partial charge in [-0.1, -0.05) is 12.8 Å². The summed E-state index contributed by atoms with van der Waals surface area (Å²) in [6.07, 6.45) is 10.3. The van der Waals surface area contributed by atoms with Crippen LogP contribution in [-0.4, -0.2) is 38.8 Å². The number of aromatic amines is 1. The molecule has 1 amide bonds. The first kappa shape index (κ1) is 22.0. The number of likely N-dealkylation sites (tertiary alicyclic amines) is 1. The van der Waals surface area contributed by atoms with Crippen molar-refractivity contribution in [1.29, 1.82) is 0 Å². The fourth-order valence-electron chi connectivity index (χ4n) is 5.57. The lowest BCUT2D eigenvalue weighted by atomic mass is 9.77. The van der Waals surface area contributed by atoms with Crippen LogP contribution in [-0.2, 0) is 11.2 Å². The van der Waals surface area contributed by atoms with Gasteiger partial charge in [-0.15, -0.1) is 0 Å². The Morgan fingerprint density at radius 2 is 1.91 bits per heavy atom. The first-order valence-electron chi connectivity index (χ1n) is 12.0. The van der Waals surface area contributed by atoms with Crippen LogP contribution in [0.5, 0.6) is 0 Å². The number of nitrogens with one attached hydrogen (secondary N) is 1. The van der Waals surface area contributed by atoms with E-state index < -0.39 is 5.82 Å². The maximum Gasteiger partial charge on any atom is 0.222 e. The number of amides is 1. The summed E-state index contributed by atoms with van der Waals surface area (Å²) in [5.74, 6) is 0.608. The van der Waals surface area contributed by atoms with Crippen LogP contribution in [0.3, 0.4) is 0 Å². The lowest BCUT2D eigenvalue weighted by Crippen LogP contribution is -2.31. The highest BCUT2D eigenvalue weighted by molar-refractivity contribution is 5.94. The topological polar surface area (TPSA) is 61.9 Å². The predicted molar refractivity (Wildman–Crippen MR) is 124 cm³/mol. The maximum atomic E-state index is 14.7. The normalized spacial score (nSPS) is 21.1. The number of nitrogens with zero attached hydrogens (tertiary/aromatic N) is 3. The highest BCUT2D eigenvalue weighted by Crippen LogP contribution is 2.35. The molecule has 0 radical (unpaired) electrons. The molecule has 2 atom stereocenters. The zero-order valence-corrected chi connectivity index (χ0v) is 19.0. The van der Waals surface area contributed by atoms with Gasteiger partial charge in [0.05, 0.1) is 17.4 Å². The van der Waals surface area contributed by atoms with Crippen LogP contribution in [0.25, 0.3) is 22.3 Å². The molecule has 1 N–H and O–H groups in total. The Kier molecular flexibility index (Phi) is 6.13. The number of H-pyrrole nitrogens is 1. The zero-order valence-electron chi connectivity index (χ0n) is 19.0. The highest BCUT2D eigenvalue weighted by atomic mass is 19.1. The minimum Gasteiger partial charge on any atom is -0.358 e. The molecular weight excluding hydrogens is 422 g/mol. The lowest BCUT2D eigenvalue weighted by Gasteiger charge is -2.30. The third-order valence-electron chi connectivity index (χ3n) is 7.24. The van der Waals surface area contributed by atoms with Crippen LogP contribution in [0.1, 0.15) is 56.2 Å². The second kappa shape index (κ2) is 9.20. The monoisotopic (exact) mass is 452 g/mol. The molecule has 0 unspecified atom stereocenters. The Hall–Kier alpha value is -2.83. The molecule has 0 bridgehead atoms. The van der Waals surface area contributed by atoms with Crippen molar-refractivity contribution in [3.05, 3.63) is 47.4 Å². The van der Waals surface area contributed by atoms with E-state index >= 15 is 0 Å². The Labute approximate surface area is 192 Å². The molecule has 2 aliphatic rings. The maximum absolute atomic E-state index is 14.7. The van der Waals surface area contributed by atoms with Crippen molar-refractivity contribution < 1.29 is 13.6 Å². The molecule has 1 saturated heterocycles. The number of carbonyl (C=O) groups excluding carboxylic acids is 1. The molecule has 2 fully saturated rings. The number of aryl methyl sites for hydroxylation is 1. The first-order chi connectivity index (χ1) is 16.0. The van der Waals surface area contributed by atoms with Crippen molar-refractivity contribution in [3.63, 3.8) is 0 Å². The Morgan fingerprint density at radius 1 is 1.12 bits per heavy atom. The Bertz CT molecular complexity index is 1170. The molecular formula is C26H30F2N4O. The summed E-state index contributed by atoms with van der Waals surface area (Å²) in [7, 11) is 0. The van der Waals surface area contributed by atoms with E-state index in [9.17, 15) is 13.6 Å². The fourth-order valence-corrected chi connectivity index (χ4v) is 5.57. The van der Waals surface area contributed by atoms with E-state index in [0.29, 0.717) is 52.7 Å². The molecule has 3 aromatic rings. The summed E-state index contributed by atoms with van der Waals surface area (Å²) in [5, 5.41) is 0.697. The average Bonchev–Trinajstić information content (AvgIpc) is 3.46. The standard InChI is InChI=1S/C26H30F2N4O/c1-16-9-19-20(14-29-25(19)21(27)10-16)26-30-15-22(28)23(31-26)12-17-5-4-6-18(11-17)13-24(33)32-7-2-3-8-32/h9-10,14-15,17-18,29H,2-8,11-13H2,1H3/t17-,18+/m0/s1. The van der Waals surface area contributed by atoms with Gasteiger partial charge in [-0.05, 0) is 68.6 Å². The summed E-state index contributed by atoms with van der Waals surface area (Å²) < 4.78 is 29.0. The zero-order chi connectivity index (χ0) is 22.9. The number of hydrogen-bond acceptors (Lipinski definition) is 3. The molecule has 5 rings (SSSR count). The van der Waals surface area contributed by atoms with Crippen LogP contribution in [0.4, 0.5) is 8.78 Å². The van der Waals surface area contributed by atoms with Crippen molar-refractivity contribution in [2.24, 2.45) is 11.8 Å². The Morgan fingerprint density at radius 3 is 2.73 bits per heavy atom. The van der Waals surface area contributed by atoms with E-state index in [1.54, 1.807) is 6.20 Å². The Balaban J connectivity index is 1.32. The van der Waals surface area contributed by atoms with Gasteiger partial charge in [-0.25, -0.2) is 18.7 Å². The average molecular weight is 453 g/mol. The summed E-state index contributed by atoms with van der Waals surface area (Å²) in [4.78, 5) is 26.3. The van der Waals surface area contributed by atoms with Crippen molar-refractivity contribution in [1.82, 2.24) is 19.9 Å². The molecule has 2 aromatic heterocycles. The van der Waals surface area contributed by atoms with Gasteiger partial charge in [0, 0.05) is 36.7 Å². The van der Waals surface area contributed by atoms with Gasteiger partial charge in [0.15, 0.2) is 11.6 Å². The molecule has 174 valence electrons. The summed E-state index contributed by atoms with van der Waals surface area (Å²) in [6, 6.07) is 3.37. The van der Waals surface area contributed by atoms with Crippen molar-refractivity contribution in [2.75, 3.05) is 13.1 Å². The van der Waals surface area contributed by atoms with Gasteiger partial charge in [0.2, 0.25) is 5.91 Å². The van der Waals surface area contributed by atoms with Crippen molar-refractivity contribution in [2.45, 2.75) is 58.3 Å². The number of hydrogen-bond donors (Lipinski definition) is 1. The number of halogens is 2. The molecule has 33 heavy (non-hydrogen) atoms. The van der Waals surface area contributed by atoms with Crippen molar-refractivity contribution >= 4 is 16.8 Å². The number of benzene rings is 1. The molecule has 1 saturated carbocycles. The van der Waals surface area contributed by atoms with E-state index in [2.05, 4.69) is 15.0 Å². The molecule has 0 spiro atoms. The van der Waals surface area contributed by atoms with E-state index in [-0.39, 0.29) is 11.7 Å². The lowest BCUT2D eigenvalue weighted by molar-refractivity contribution is -0.131. The number of aromatic nitrogens is 3. The molecule has 5 nitrogen and oxygen atoms in total. The van der Waals surface area contributed by atoms with E-state index in [1.807, 2.05) is 17.9 Å². The number of fused-ring (bicyclic) bond motifs is 1. The van der Waals surface area contributed by atoms with Gasteiger partial charge in [0.1, 0.15) is 5.82 Å². The SMILES string of the molecule is Cc1cc(F)c2[nH]cc(-c3ncc(F)c(C[C@H]4CCC[C@@H](CC(=O)N5CCCC5)C4)n3)c2c1. The molecule has 1 aliphatic heterocycles. The summed E-state index contributed by atoms with van der Waals surface area (Å²) >= 11 is 0. The minimum absolute atomic E-state index is 0.274. The van der Waals surface area contributed by atoms with Gasteiger partial charge in [-0.2, -0.15) is 0 Å². The highest BCUT2D eigenvalue weighted by Gasteiger charge is 2.28. The smallest absolute Gasteiger partial charge is 0.222 e. The number of rotatable bonds is 5. The largest absolute Gasteiger partial charge is 0.358 e. The second-order valence-electron chi connectivity index (χ2n) is 9.75. The number of carbonyl (C=O) groups is 1. The van der Waals surface area contributed by atoms with E-state index in [4.69, 9.17) is 0 Å². The van der Waals surface area contributed by atoms with Gasteiger partial charge in [-0.3, -0.25) is 4.79 Å². The predicted octanol–water partition coefficient (Wildman–Crippen LogP) is 5.57. The molecule has 1 aliphatic carbocycles. The molecule has 7 heteroatoms. The molecule has 1 aromatic carbocycles. The van der Waals surface area contributed by atoms with Gasteiger partial charge >= 0.3 is 0 Å². The van der Waals surface area contributed by atoms with Crippen LogP contribution >= 0.6 is 0 Å². The van der Waals surface area contributed by atoms with E-state index in [1.165, 1.54) is 12.3 Å². The summed E-state index contributed by atoms with van der Waals surface area (Å²) in [5.41, 5.74) is 2.29.